The summed E-state index contributed by atoms with van der Waals surface area (Å²) in [6, 6.07) is 9.40. The number of halogens is 2. The molecular formula is C16H17BrFN3O2S. The average molecular weight is 414 g/mol. The first-order valence-electron chi connectivity index (χ1n) is 7.17. The summed E-state index contributed by atoms with van der Waals surface area (Å²) in [5, 5.41) is 5.15. The first-order valence-corrected chi connectivity index (χ1v) is 8.78. The lowest BCUT2D eigenvalue weighted by Gasteiger charge is -2.15. The van der Waals surface area contributed by atoms with Crippen LogP contribution >= 0.6 is 27.3 Å². The molecule has 0 aliphatic heterocycles. The van der Waals surface area contributed by atoms with E-state index in [4.69, 9.17) is 0 Å². The molecule has 0 fully saturated rings. The van der Waals surface area contributed by atoms with Gasteiger partial charge in [-0.15, -0.1) is 11.3 Å². The summed E-state index contributed by atoms with van der Waals surface area (Å²) in [5.41, 5.74) is 0.482. The molecule has 1 aromatic heterocycles. The van der Waals surface area contributed by atoms with Gasteiger partial charge in [-0.3, -0.25) is 14.5 Å². The average Bonchev–Trinajstić information content (AvgIpc) is 2.92. The largest absolute Gasteiger partial charge is 0.346 e. The van der Waals surface area contributed by atoms with E-state index in [0.29, 0.717) is 12.2 Å². The highest BCUT2D eigenvalue weighted by atomic mass is 79.9. The van der Waals surface area contributed by atoms with E-state index in [1.54, 1.807) is 11.3 Å². The summed E-state index contributed by atoms with van der Waals surface area (Å²) >= 11 is 5.02. The second-order valence-corrected chi connectivity index (χ2v) is 7.76. The van der Waals surface area contributed by atoms with Crippen molar-refractivity contribution in [3.8, 4) is 0 Å². The van der Waals surface area contributed by atoms with Crippen LogP contribution in [-0.4, -0.2) is 36.9 Å². The van der Waals surface area contributed by atoms with Crippen molar-refractivity contribution >= 4 is 44.8 Å². The second-order valence-electron chi connectivity index (χ2n) is 5.21. The van der Waals surface area contributed by atoms with Crippen LogP contribution in [0.25, 0.3) is 0 Å². The van der Waals surface area contributed by atoms with Gasteiger partial charge in [0.05, 0.1) is 16.9 Å². The molecule has 0 aliphatic carbocycles. The minimum absolute atomic E-state index is 0.130. The van der Waals surface area contributed by atoms with Gasteiger partial charge in [-0.1, -0.05) is 0 Å². The van der Waals surface area contributed by atoms with E-state index in [0.717, 1.165) is 8.66 Å². The molecule has 24 heavy (non-hydrogen) atoms. The summed E-state index contributed by atoms with van der Waals surface area (Å²) in [4.78, 5) is 26.6. The van der Waals surface area contributed by atoms with Crippen molar-refractivity contribution in [2.75, 3.05) is 25.5 Å². The molecule has 0 atom stereocenters. The van der Waals surface area contributed by atoms with Crippen LogP contribution in [-0.2, 0) is 16.1 Å². The van der Waals surface area contributed by atoms with Gasteiger partial charge in [-0.25, -0.2) is 4.39 Å². The molecule has 2 rings (SSSR count). The molecule has 0 spiro atoms. The molecule has 128 valence electrons. The normalized spacial score (nSPS) is 10.7. The van der Waals surface area contributed by atoms with Crippen LogP contribution in [0, 0.1) is 5.82 Å². The van der Waals surface area contributed by atoms with Crippen molar-refractivity contribution in [1.29, 1.82) is 0 Å². The molecule has 0 unspecified atom stereocenters. The lowest BCUT2D eigenvalue weighted by atomic mass is 10.3. The predicted octanol–water partition coefficient (Wildman–Crippen LogP) is 2.84. The van der Waals surface area contributed by atoms with Crippen molar-refractivity contribution < 1.29 is 14.0 Å². The van der Waals surface area contributed by atoms with Gasteiger partial charge in [-0.2, -0.15) is 0 Å². The van der Waals surface area contributed by atoms with E-state index < -0.39 is 0 Å². The molecular weight excluding hydrogens is 397 g/mol. The maximum Gasteiger partial charge on any atom is 0.243 e. The molecule has 0 bridgehead atoms. The summed E-state index contributed by atoms with van der Waals surface area (Å²) in [5.74, 6) is -0.968. The number of thiophene rings is 1. The number of rotatable bonds is 7. The number of carbonyl (C=O) groups is 2. The van der Waals surface area contributed by atoms with Crippen LogP contribution in [0.1, 0.15) is 4.88 Å². The number of nitrogens with one attached hydrogen (secondary N) is 2. The Kier molecular flexibility index (Phi) is 6.89. The Bertz CT molecular complexity index is 706. The van der Waals surface area contributed by atoms with Crippen molar-refractivity contribution in [3.63, 3.8) is 0 Å². The number of nitrogens with zero attached hydrogens (tertiary/aromatic N) is 1. The molecule has 8 heteroatoms. The Morgan fingerprint density at radius 2 is 1.88 bits per heavy atom. The molecule has 5 nitrogen and oxygen atoms in total. The first-order chi connectivity index (χ1) is 11.4. The molecule has 0 radical (unpaired) electrons. The summed E-state index contributed by atoms with van der Waals surface area (Å²) in [7, 11) is 1.84. The lowest BCUT2D eigenvalue weighted by Crippen LogP contribution is -2.38. The first kappa shape index (κ1) is 18.6. The minimum atomic E-state index is -0.373. The predicted molar refractivity (Wildman–Crippen MR) is 96.4 cm³/mol. The smallest absolute Gasteiger partial charge is 0.243 e. The topological polar surface area (TPSA) is 61.4 Å². The number of hydrogen-bond acceptors (Lipinski definition) is 4. The Morgan fingerprint density at radius 3 is 2.50 bits per heavy atom. The molecule has 2 aromatic rings. The van der Waals surface area contributed by atoms with E-state index >= 15 is 0 Å². The van der Waals surface area contributed by atoms with Gasteiger partial charge in [0.1, 0.15) is 5.82 Å². The Labute approximate surface area is 152 Å². The zero-order chi connectivity index (χ0) is 17.5. The lowest BCUT2D eigenvalue weighted by molar-refractivity contribution is -0.124. The Balaban J connectivity index is 1.70. The van der Waals surface area contributed by atoms with Crippen LogP contribution in [0.4, 0.5) is 10.1 Å². The summed E-state index contributed by atoms with van der Waals surface area (Å²) in [6.07, 6.45) is 0. The van der Waals surface area contributed by atoms with Gasteiger partial charge < -0.3 is 10.6 Å². The fraction of sp³-hybridized carbons (Fsp3) is 0.250. The Morgan fingerprint density at radius 1 is 1.17 bits per heavy atom. The van der Waals surface area contributed by atoms with Gasteiger partial charge in [0.2, 0.25) is 11.8 Å². The van der Waals surface area contributed by atoms with E-state index in [-0.39, 0.29) is 30.7 Å². The monoisotopic (exact) mass is 413 g/mol. The second kappa shape index (κ2) is 8.91. The van der Waals surface area contributed by atoms with E-state index in [2.05, 4.69) is 26.6 Å². The van der Waals surface area contributed by atoms with Gasteiger partial charge in [0, 0.05) is 17.1 Å². The van der Waals surface area contributed by atoms with Gasteiger partial charge in [-0.05, 0) is 59.4 Å². The molecule has 1 aromatic carbocycles. The molecule has 0 saturated heterocycles. The fourth-order valence-electron chi connectivity index (χ4n) is 1.98. The van der Waals surface area contributed by atoms with Crippen LogP contribution in [0.3, 0.4) is 0 Å². The molecule has 1 heterocycles. The summed E-state index contributed by atoms with van der Waals surface area (Å²) < 4.78 is 13.8. The number of benzene rings is 1. The fourth-order valence-corrected chi connectivity index (χ4v) is 3.54. The van der Waals surface area contributed by atoms with E-state index in [9.17, 15) is 14.0 Å². The SMILES string of the molecule is CN(CC(=O)NCC(=O)Nc1ccc(F)cc1)Cc1ccc(Br)s1. The number of hydrogen-bond donors (Lipinski definition) is 2. The highest BCUT2D eigenvalue weighted by Crippen LogP contribution is 2.22. The van der Waals surface area contributed by atoms with E-state index in [1.807, 2.05) is 24.1 Å². The highest BCUT2D eigenvalue weighted by molar-refractivity contribution is 9.11. The van der Waals surface area contributed by atoms with Crippen LogP contribution in [0.5, 0.6) is 0 Å². The zero-order valence-corrected chi connectivity index (χ0v) is 15.4. The molecule has 0 saturated carbocycles. The van der Waals surface area contributed by atoms with E-state index in [1.165, 1.54) is 24.3 Å². The molecule has 2 N–H and O–H groups in total. The highest BCUT2D eigenvalue weighted by Gasteiger charge is 2.10. The third kappa shape index (κ3) is 6.38. The third-order valence-electron chi connectivity index (χ3n) is 3.04. The molecule has 2 amide bonds. The van der Waals surface area contributed by atoms with Gasteiger partial charge >= 0.3 is 0 Å². The minimum Gasteiger partial charge on any atom is -0.346 e. The number of likely N-dealkylation sites (N-methyl/N-ethyl adjacent to an activating group) is 1. The zero-order valence-electron chi connectivity index (χ0n) is 13.0. The summed E-state index contributed by atoms with van der Waals surface area (Å²) in [6.45, 7) is 0.722. The van der Waals surface area contributed by atoms with Gasteiger partial charge in [0.25, 0.3) is 0 Å². The van der Waals surface area contributed by atoms with Crippen molar-refractivity contribution in [2.24, 2.45) is 0 Å². The van der Waals surface area contributed by atoms with Crippen molar-refractivity contribution in [3.05, 3.63) is 50.9 Å². The maximum atomic E-state index is 12.8. The van der Waals surface area contributed by atoms with Crippen LogP contribution < -0.4 is 10.6 Å². The molecule has 0 aliphatic rings. The van der Waals surface area contributed by atoms with Gasteiger partial charge in [0.15, 0.2) is 0 Å². The standard InChI is InChI=1S/C16H17BrFN3O2S/c1-21(9-13-6-7-14(17)24-13)10-16(23)19-8-15(22)20-12-4-2-11(18)3-5-12/h2-7H,8-10H2,1H3,(H,19,23)(H,20,22). The Hall–Kier alpha value is -1.77. The quantitative estimate of drug-likeness (QED) is 0.733. The third-order valence-corrected chi connectivity index (χ3v) is 4.65. The van der Waals surface area contributed by atoms with Crippen LogP contribution in [0.15, 0.2) is 40.2 Å². The van der Waals surface area contributed by atoms with Crippen LogP contribution in [0.2, 0.25) is 0 Å². The number of anilines is 1. The van der Waals surface area contributed by atoms with Crippen molar-refractivity contribution in [2.45, 2.75) is 6.54 Å². The number of carbonyl (C=O) groups excluding carboxylic acids is 2. The maximum absolute atomic E-state index is 12.8. The van der Waals surface area contributed by atoms with Crippen molar-refractivity contribution in [1.82, 2.24) is 10.2 Å². The number of amides is 2.